The summed E-state index contributed by atoms with van der Waals surface area (Å²) in [6.07, 6.45) is 0. The summed E-state index contributed by atoms with van der Waals surface area (Å²) in [4.78, 5) is 2.40. The standard InChI is InChI=1S/C14H22N2/c1-4-16(11-13(2)10-15-3)12-14-8-6-5-7-9-14/h5-9,15H,2,4,10-12H2,1,3H3. The number of rotatable bonds is 7. The minimum Gasteiger partial charge on any atom is -0.316 e. The van der Waals surface area contributed by atoms with Crippen LogP contribution < -0.4 is 5.32 Å². The first kappa shape index (κ1) is 12.9. The molecule has 16 heavy (non-hydrogen) atoms. The fraction of sp³-hybridized carbons (Fsp3) is 0.429. The van der Waals surface area contributed by atoms with Gasteiger partial charge in [0.15, 0.2) is 0 Å². The van der Waals surface area contributed by atoms with Crippen LogP contribution in [0.25, 0.3) is 0 Å². The highest BCUT2D eigenvalue weighted by molar-refractivity contribution is 5.15. The van der Waals surface area contributed by atoms with E-state index in [0.717, 1.165) is 26.2 Å². The smallest absolute Gasteiger partial charge is 0.0237 e. The van der Waals surface area contributed by atoms with E-state index in [0.29, 0.717) is 0 Å². The quantitative estimate of drug-likeness (QED) is 0.706. The summed E-state index contributed by atoms with van der Waals surface area (Å²) in [5.74, 6) is 0. The fourth-order valence-corrected chi connectivity index (χ4v) is 1.74. The van der Waals surface area contributed by atoms with Crippen LogP contribution >= 0.6 is 0 Å². The van der Waals surface area contributed by atoms with Gasteiger partial charge in [-0.3, -0.25) is 4.90 Å². The van der Waals surface area contributed by atoms with E-state index in [1.165, 1.54) is 11.1 Å². The third-order valence-electron chi connectivity index (χ3n) is 2.57. The van der Waals surface area contributed by atoms with Crippen molar-refractivity contribution < 1.29 is 0 Å². The van der Waals surface area contributed by atoms with Gasteiger partial charge in [0.05, 0.1) is 0 Å². The van der Waals surface area contributed by atoms with Gasteiger partial charge in [0, 0.05) is 19.6 Å². The van der Waals surface area contributed by atoms with Gasteiger partial charge in [-0.25, -0.2) is 0 Å². The first-order chi connectivity index (χ1) is 7.76. The van der Waals surface area contributed by atoms with Crippen molar-refractivity contribution in [3.8, 4) is 0 Å². The average molecular weight is 218 g/mol. The number of nitrogens with zero attached hydrogens (tertiary/aromatic N) is 1. The molecule has 0 aliphatic heterocycles. The molecule has 0 unspecified atom stereocenters. The van der Waals surface area contributed by atoms with Crippen molar-refractivity contribution in [2.45, 2.75) is 13.5 Å². The van der Waals surface area contributed by atoms with Crippen molar-refractivity contribution in [1.29, 1.82) is 0 Å². The molecule has 0 spiro atoms. The van der Waals surface area contributed by atoms with E-state index in [2.05, 4.69) is 54.1 Å². The van der Waals surface area contributed by atoms with Gasteiger partial charge in [-0.2, -0.15) is 0 Å². The SMILES string of the molecule is C=C(CNC)CN(CC)Cc1ccccc1. The van der Waals surface area contributed by atoms with Gasteiger partial charge >= 0.3 is 0 Å². The predicted molar refractivity (Wildman–Crippen MR) is 70.5 cm³/mol. The van der Waals surface area contributed by atoms with Crippen LogP contribution in [0.15, 0.2) is 42.5 Å². The molecule has 0 saturated heterocycles. The third kappa shape index (κ3) is 4.60. The monoisotopic (exact) mass is 218 g/mol. The van der Waals surface area contributed by atoms with E-state index in [4.69, 9.17) is 0 Å². The second-order valence-electron chi connectivity index (χ2n) is 4.07. The summed E-state index contributed by atoms with van der Waals surface area (Å²) in [5.41, 5.74) is 2.60. The highest BCUT2D eigenvalue weighted by Crippen LogP contribution is 2.05. The normalized spacial score (nSPS) is 10.7. The van der Waals surface area contributed by atoms with E-state index >= 15 is 0 Å². The molecule has 88 valence electrons. The Kier molecular flexibility index (Phi) is 5.83. The molecule has 0 saturated carbocycles. The van der Waals surface area contributed by atoms with Crippen LogP contribution in [0.1, 0.15) is 12.5 Å². The molecule has 1 rings (SSSR count). The summed E-state index contributed by atoms with van der Waals surface area (Å²) in [6, 6.07) is 10.6. The van der Waals surface area contributed by atoms with Gasteiger partial charge in [0.25, 0.3) is 0 Å². The molecule has 2 nitrogen and oxygen atoms in total. The van der Waals surface area contributed by atoms with Crippen molar-refractivity contribution in [3.05, 3.63) is 48.0 Å². The van der Waals surface area contributed by atoms with Crippen LogP contribution in [0.4, 0.5) is 0 Å². The Balaban J connectivity index is 2.46. The van der Waals surface area contributed by atoms with Crippen LogP contribution in [0.3, 0.4) is 0 Å². The van der Waals surface area contributed by atoms with E-state index < -0.39 is 0 Å². The number of benzene rings is 1. The van der Waals surface area contributed by atoms with Gasteiger partial charge in [0.1, 0.15) is 0 Å². The zero-order chi connectivity index (χ0) is 11.8. The molecule has 0 atom stereocenters. The van der Waals surface area contributed by atoms with Gasteiger partial charge in [0.2, 0.25) is 0 Å². The van der Waals surface area contributed by atoms with Gasteiger partial charge in [-0.15, -0.1) is 0 Å². The maximum Gasteiger partial charge on any atom is 0.0237 e. The lowest BCUT2D eigenvalue weighted by Crippen LogP contribution is -2.27. The largest absolute Gasteiger partial charge is 0.316 e. The first-order valence-electron chi connectivity index (χ1n) is 5.83. The summed E-state index contributed by atoms with van der Waals surface area (Å²) in [5, 5.41) is 3.13. The first-order valence-corrected chi connectivity index (χ1v) is 5.83. The maximum atomic E-state index is 4.07. The molecule has 0 amide bonds. The van der Waals surface area contributed by atoms with Crippen LogP contribution in [-0.4, -0.2) is 31.6 Å². The Bertz CT molecular complexity index is 306. The molecule has 0 aromatic heterocycles. The van der Waals surface area contributed by atoms with Crippen LogP contribution in [-0.2, 0) is 6.54 Å². The molecule has 1 N–H and O–H groups in total. The summed E-state index contributed by atoms with van der Waals surface area (Å²) in [6.45, 7) is 10.2. The predicted octanol–water partition coefficient (Wildman–Crippen LogP) is 2.28. The van der Waals surface area contributed by atoms with Crippen molar-refractivity contribution in [2.24, 2.45) is 0 Å². The van der Waals surface area contributed by atoms with Gasteiger partial charge in [-0.1, -0.05) is 43.8 Å². The average Bonchev–Trinajstić information content (AvgIpc) is 2.30. The molecule has 0 radical (unpaired) electrons. The second-order valence-corrected chi connectivity index (χ2v) is 4.07. The van der Waals surface area contributed by atoms with E-state index in [1.807, 2.05) is 7.05 Å². The molecule has 0 aliphatic carbocycles. The molecule has 0 fully saturated rings. The molecular formula is C14H22N2. The molecule has 0 aliphatic rings. The van der Waals surface area contributed by atoms with E-state index in [1.54, 1.807) is 0 Å². The lowest BCUT2D eigenvalue weighted by molar-refractivity contribution is 0.302. The van der Waals surface area contributed by atoms with E-state index in [-0.39, 0.29) is 0 Å². The topological polar surface area (TPSA) is 15.3 Å². The summed E-state index contributed by atoms with van der Waals surface area (Å²) < 4.78 is 0. The van der Waals surface area contributed by atoms with Gasteiger partial charge in [-0.05, 0) is 24.7 Å². The molecular weight excluding hydrogens is 196 g/mol. The summed E-state index contributed by atoms with van der Waals surface area (Å²) >= 11 is 0. The maximum absolute atomic E-state index is 4.07. The Morgan fingerprint density at radius 3 is 2.56 bits per heavy atom. The van der Waals surface area contributed by atoms with Crippen molar-refractivity contribution in [1.82, 2.24) is 10.2 Å². The number of likely N-dealkylation sites (N-methyl/N-ethyl adjacent to an activating group) is 2. The Morgan fingerprint density at radius 1 is 1.31 bits per heavy atom. The van der Waals surface area contributed by atoms with Gasteiger partial charge < -0.3 is 5.32 Å². The second kappa shape index (κ2) is 7.20. The molecule has 2 heteroatoms. The lowest BCUT2D eigenvalue weighted by Gasteiger charge is -2.21. The molecule has 1 aromatic rings. The third-order valence-corrected chi connectivity index (χ3v) is 2.57. The highest BCUT2D eigenvalue weighted by Gasteiger charge is 2.04. The van der Waals surface area contributed by atoms with Crippen LogP contribution in [0.2, 0.25) is 0 Å². The zero-order valence-electron chi connectivity index (χ0n) is 10.4. The molecule has 0 bridgehead atoms. The van der Waals surface area contributed by atoms with E-state index in [9.17, 15) is 0 Å². The van der Waals surface area contributed by atoms with Crippen LogP contribution in [0, 0.1) is 0 Å². The Hall–Kier alpha value is -1.12. The fourth-order valence-electron chi connectivity index (χ4n) is 1.74. The van der Waals surface area contributed by atoms with Crippen molar-refractivity contribution in [2.75, 3.05) is 26.7 Å². The molecule has 1 aromatic carbocycles. The highest BCUT2D eigenvalue weighted by atomic mass is 15.1. The lowest BCUT2D eigenvalue weighted by atomic mass is 10.2. The van der Waals surface area contributed by atoms with Crippen molar-refractivity contribution in [3.63, 3.8) is 0 Å². The number of hydrogen-bond acceptors (Lipinski definition) is 2. The minimum absolute atomic E-state index is 0.894. The van der Waals surface area contributed by atoms with Crippen LogP contribution in [0.5, 0.6) is 0 Å². The number of hydrogen-bond donors (Lipinski definition) is 1. The zero-order valence-corrected chi connectivity index (χ0v) is 10.4. The minimum atomic E-state index is 0.894. The Morgan fingerprint density at radius 2 is 2.00 bits per heavy atom. The summed E-state index contributed by atoms with van der Waals surface area (Å²) in [7, 11) is 1.96. The Labute approximate surface area is 99.0 Å². The molecule has 0 heterocycles. The number of nitrogens with one attached hydrogen (secondary N) is 1. The van der Waals surface area contributed by atoms with Crippen molar-refractivity contribution >= 4 is 0 Å².